The first-order valence-electron chi connectivity index (χ1n) is 7.36. The smallest absolute Gasteiger partial charge is 0.231 e. The van der Waals surface area contributed by atoms with Gasteiger partial charge in [0.2, 0.25) is 6.79 Å². The normalized spacial score (nSPS) is 13.9. The van der Waals surface area contributed by atoms with Crippen LogP contribution in [0.25, 0.3) is 22.4 Å². The fourth-order valence-corrected chi connectivity index (χ4v) is 2.74. The molecule has 0 radical (unpaired) electrons. The van der Waals surface area contributed by atoms with Crippen molar-refractivity contribution in [3.63, 3.8) is 0 Å². The molecule has 3 aromatic rings. The lowest BCUT2D eigenvalue weighted by molar-refractivity contribution is 0.174. The number of imidazole rings is 1. The van der Waals surface area contributed by atoms with E-state index in [1.54, 1.807) is 12.4 Å². The lowest BCUT2D eigenvalue weighted by Gasteiger charge is -2.10. The van der Waals surface area contributed by atoms with Gasteiger partial charge in [-0.25, -0.2) is 4.98 Å². The second kappa shape index (κ2) is 5.29. The fraction of sp³-hybridized carbons (Fsp3) is 0.235. The first-order chi connectivity index (χ1) is 11.3. The van der Waals surface area contributed by atoms with E-state index < -0.39 is 0 Å². The third-order valence-electron chi connectivity index (χ3n) is 3.86. The zero-order chi connectivity index (χ0) is 15.8. The number of pyridine rings is 1. The highest BCUT2D eigenvalue weighted by Crippen LogP contribution is 2.37. The van der Waals surface area contributed by atoms with Crippen LogP contribution in [0.1, 0.15) is 6.92 Å². The van der Waals surface area contributed by atoms with E-state index in [1.165, 1.54) is 0 Å². The average Bonchev–Trinajstić information content (AvgIpc) is 3.18. The molecule has 2 aromatic heterocycles. The summed E-state index contributed by atoms with van der Waals surface area (Å²) in [6.07, 6.45) is 3.47. The molecule has 4 rings (SSSR count). The van der Waals surface area contributed by atoms with E-state index in [1.807, 2.05) is 31.2 Å². The van der Waals surface area contributed by atoms with Crippen molar-refractivity contribution in [1.82, 2.24) is 14.5 Å². The number of fused-ring (bicyclic) bond motifs is 2. The van der Waals surface area contributed by atoms with Crippen molar-refractivity contribution in [2.24, 2.45) is 5.92 Å². The Morgan fingerprint density at radius 1 is 1.26 bits per heavy atom. The van der Waals surface area contributed by atoms with E-state index >= 15 is 0 Å². The molecule has 0 fully saturated rings. The summed E-state index contributed by atoms with van der Waals surface area (Å²) in [4.78, 5) is 8.79. The van der Waals surface area contributed by atoms with Crippen LogP contribution in [-0.2, 0) is 6.54 Å². The van der Waals surface area contributed by atoms with Gasteiger partial charge < -0.3 is 14.0 Å². The summed E-state index contributed by atoms with van der Waals surface area (Å²) < 4.78 is 13.0. The predicted octanol–water partition coefficient (Wildman–Crippen LogP) is 2.99. The molecule has 6 heteroatoms. The molecular weight excluding hydrogens is 292 g/mol. The van der Waals surface area contributed by atoms with Gasteiger partial charge in [-0.05, 0) is 19.1 Å². The summed E-state index contributed by atoms with van der Waals surface area (Å²) in [5.74, 6) is 2.10. The maximum Gasteiger partial charge on any atom is 0.231 e. The highest BCUT2D eigenvalue weighted by Gasteiger charge is 2.20. The van der Waals surface area contributed by atoms with Gasteiger partial charge in [-0.3, -0.25) is 4.98 Å². The molecule has 0 saturated carbocycles. The molecule has 0 spiro atoms. The highest BCUT2D eigenvalue weighted by atomic mass is 16.7. The summed E-state index contributed by atoms with van der Waals surface area (Å²) in [6, 6.07) is 9.92. The van der Waals surface area contributed by atoms with Gasteiger partial charge in [-0.15, -0.1) is 0 Å². The maximum atomic E-state index is 9.18. The Morgan fingerprint density at radius 2 is 2.00 bits per heavy atom. The second-order valence-electron chi connectivity index (χ2n) is 5.51. The largest absolute Gasteiger partial charge is 0.454 e. The van der Waals surface area contributed by atoms with Crippen LogP contribution in [-0.4, -0.2) is 21.3 Å². The quantitative estimate of drug-likeness (QED) is 0.743. The zero-order valence-electron chi connectivity index (χ0n) is 12.6. The van der Waals surface area contributed by atoms with E-state index in [0.717, 1.165) is 22.4 Å². The number of hydrogen-bond donors (Lipinski definition) is 0. The van der Waals surface area contributed by atoms with E-state index in [9.17, 15) is 5.26 Å². The monoisotopic (exact) mass is 306 g/mol. The number of nitrogens with zero attached hydrogens (tertiary/aromatic N) is 4. The molecule has 114 valence electrons. The number of aromatic nitrogens is 3. The van der Waals surface area contributed by atoms with Gasteiger partial charge in [-0.2, -0.15) is 5.26 Å². The molecule has 0 bridgehead atoms. The molecule has 6 nitrogen and oxygen atoms in total. The summed E-state index contributed by atoms with van der Waals surface area (Å²) >= 11 is 0. The van der Waals surface area contributed by atoms with Gasteiger partial charge in [0.25, 0.3) is 0 Å². The van der Waals surface area contributed by atoms with Crippen LogP contribution >= 0.6 is 0 Å². The van der Waals surface area contributed by atoms with Crippen molar-refractivity contribution in [3.05, 3.63) is 36.7 Å². The minimum absolute atomic E-state index is 0.126. The predicted molar refractivity (Wildman–Crippen MR) is 83.9 cm³/mol. The second-order valence-corrected chi connectivity index (χ2v) is 5.51. The number of hydrogen-bond acceptors (Lipinski definition) is 5. The van der Waals surface area contributed by atoms with Crippen LogP contribution in [0.5, 0.6) is 11.5 Å². The Hall–Kier alpha value is -3.07. The first kappa shape index (κ1) is 13.6. The van der Waals surface area contributed by atoms with Gasteiger partial charge in [0.05, 0.1) is 23.0 Å². The van der Waals surface area contributed by atoms with E-state index in [0.29, 0.717) is 18.0 Å². The van der Waals surface area contributed by atoms with Crippen molar-refractivity contribution in [2.75, 3.05) is 6.79 Å². The third kappa shape index (κ3) is 2.27. The molecule has 1 unspecified atom stereocenters. The molecular formula is C17H14N4O2. The first-order valence-corrected chi connectivity index (χ1v) is 7.36. The Bertz CT molecular complexity index is 912. The van der Waals surface area contributed by atoms with Crippen LogP contribution in [0, 0.1) is 17.2 Å². The average molecular weight is 306 g/mol. The number of nitriles is 1. The summed E-state index contributed by atoms with van der Waals surface area (Å²) in [5.41, 5.74) is 2.72. The molecule has 1 aliphatic rings. The minimum Gasteiger partial charge on any atom is -0.454 e. The van der Waals surface area contributed by atoms with Crippen LogP contribution in [0.3, 0.4) is 0 Å². The molecule has 1 aliphatic heterocycles. The number of rotatable bonds is 3. The Labute approximate surface area is 132 Å². The lowest BCUT2D eigenvalue weighted by atomic mass is 10.2. The molecule has 1 atom stereocenters. The maximum absolute atomic E-state index is 9.18. The third-order valence-corrected chi connectivity index (χ3v) is 3.86. The lowest BCUT2D eigenvalue weighted by Crippen LogP contribution is -2.07. The van der Waals surface area contributed by atoms with Crippen LogP contribution in [0.15, 0.2) is 36.7 Å². The molecule has 0 amide bonds. The van der Waals surface area contributed by atoms with E-state index in [-0.39, 0.29) is 12.7 Å². The van der Waals surface area contributed by atoms with Crippen molar-refractivity contribution in [3.8, 4) is 29.0 Å². The van der Waals surface area contributed by atoms with Crippen molar-refractivity contribution in [2.45, 2.75) is 13.5 Å². The number of ether oxygens (including phenoxy) is 2. The molecule has 23 heavy (non-hydrogen) atoms. The van der Waals surface area contributed by atoms with Crippen LogP contribution < -0.4 is 9.47 Å². The molecule has 0 aliphatic carbocycles. The van der Waals surface area contributed by atoms with Gasteiger partial charge in [0.1, 0.15) is 5.82 Å². The van der Waals surface area contributed by atoms with Crippen LogP contribution in [0.2, 0.25) is 0 Å². The fourth-order valence-electron chi connectivity index (χ4n) is 2.74. The van der Waals surface area contributed by atoms with E-state index in [4.69, 9.17) is 14.5 Å². The Kier molecular flexibility index (Phi) is 3.12. The highest BCUT2D eigenvalue weighted by molar-refractivity contribution is 5.84. The summed E-state index contributed by atoms with van der Waals surface area (Å²) in [5, 5.41) is 9.18. The minimum atomic E-state index is -0.126. The van der Waals surface area contributed by atoms with Crippen LogP contribution in [0.4, 0.5) is 0 Å². The van der Waals surface area contributed by atoms with Crippen molar-refractivity contribution < 1.29 is 9.47 Å². The SMILES string of the molecule is CC(C#N)Cn1c(-c2ccncc2)nc2cc3c(cc21)OCO3. The summed E-state index contributed by atoms with van der Waals surface area (Å²) in [7, 11) is 0. The Morgan fingerprint density at radius 3 is 2.74 bits per heavy atom. The Balaban J connectivity index is 1.94. The van der Waals surface area contributed by atoms with Gasteiger partial charge in [0.15, 0.2) is 11.5 Å². The molecule has 3 heterocycles. The van der Waals surface area contributed by atoms with E-state index in [2.05, 4.69) is 15.6 Å². The standard InChI is InChI=1S/C17H14N4O2/c1-11(8-18)9-21-14-7-16-15(22-10-23-16)6-13(14)20-17(21)12-2-4-19-5-3-12/h2-7,11H,9-10H2,1H3. The molecule has 0 saturated heterocycles. The van der Waals surface area contributed by atoms with Crippen molar-refractivity contribution in [1.29, 1.82) is 5.26 Å². The summed E-state index contributed by atoms with van der Waals surface area (Å²) in [6.45, 7) is 2.69. The number of benzene rings is 1. The van der Waals surface area contributed by atoms with Crippen molar-refractivity contribution >= 4 is 11.0 Å². The van der Waals surface area contributed by atoms with Gasteiger partial charge in [0, 0.05) is 36.6 Å². The van der Waals surface area contributed by atoms with Gasteiger partial charge >= 0.3 is 0 Å². The topological polar surface area (TPSA) is 73.0 Å². The van der Waals surface area contributed by atoms with Gasteiger partial charge in [-0.1, -0.05) is 0 Å². The molecule has 0 N–H and O–H groups in total. The zero-order valence-corrected chi connectivity index (χ0v) is 12.6. The molecule has 1 aromatic carbocycles.